The molecule has 0 saturated heterocycles. The molecule has 0 aliphatic heterocycles. The number of hydrogen-bond acceptors (Lipinski definition) is 3. The Hall–Kier alpha value is -1.53. The average molecular weight is 312 g/mol. The van der Waals surface area contributed by atoms with Gasteiger partial charge in [0.05, 0.1) is 5.56 Å². The van der Waals surface area contributed by atoms with Crippen LogP contribution in [0.2, 0.25) is 0 Å². The van der Waals surface area contributed by atoms with Crippen LogP contribution in [0.5, 0.6) is 0 Å². The quantitative estimate of drug-likeness (QED) is 0.897. The minimum atomic E-state index is -4.35. The minimum absolute atomic E-state index is 0.258. The van der Waals surface area contributed by atoms with E-state index in [0.717, 1.165) is 22.7 Å². The molecule has 0 aliphatic rings. The molecule has 0 amide bonds. The van der Waals surface area contributed by atoms with Crippen LogP contribution in [0.1, 0.15) is 24.1 Å². The van der Waals surface area contributed by atoms with Gasteiger partial charge in [0.1, 0.15) is 5.03 Å². The van der Waals surface area contributed by atoms with E-state index in [1.54, 1.807) is 0 Å². The van der Waals surface area contributed by atoms with Crippen molar-refractivity contribution in [3.63, 3.8) is 0 Å². The third-order valence-corrected chi connectivity index (χ3v) is 4.06. The Labute approximate surface area is 125 Å². The summed E-state index contributed by atoms with van der Waals surface area (Å²) in [6.07, 6.45) is -3.49. The van der Waals surface area contributed by atoms with Crippen LogP contribution in [0.25, 0.3) is 0 Å². The minimum Gasteiger partial charge on any atom is -0.313 e. The molecule has 0 radical (unpaired) electrons. The zero-order chi connectivity index (χ0) is 15.5. The molecular formula is C15H15F3N2S. The molecule has 1 heterocycles. The highest BCUT2D eigenvalue weighted by Crippen LogP contribution is 2.31. The second-order valence-electron chi connectivity index (χ2n) is 4.56. The van der Waals surface area contributed by atoms with Gasteiger partial charge in [-0.25, -0.2) is 4.98 Å². The van der Waals surface area contributed by atoms with Crippen molar-refractivity contribution in [3.8, 4) is 0 Å². The summed E-state index contributed by atoms with van der Waals surface area (Å²) >= 11 is 1.34. The number of alkyl halides is 3. The topological polar surface area (TPSA) is 24.9 Å². The summed E-state index contributed by atoms with van der Waals surface area (Å²) in [5.41, 5.74) is 0.423. The molecule has 0 spiro atoms. The van der Waals surface area contributed by atoms with Gasteiger partial charge >= 0.3 is 6.18 Å². The SMILES string of the molecule is CNC(C)c1ccc(Sc2ccc(C(F)(F)F)cn2)cc1. The Balaban J connectivity index is 2.08. The van der Waals surface area contributed by atoms with Crippen molar-refractivity contribution >= 4 is 11.8 Å². The smallest absolute Gasteiger partial charge is 0.313 e. The van der Waals surface area contributed by atoms with E-state index in [2.05, 4.69) is 17.2 Å². The van der Waals surface area contributed by atoms with Gasteiger partial charge in [0.25, 0.3) is 0 Å². The number of nitrogens with one attached hydrogen (secondary N) is 1. The van der Waals surface area contributed by atoms with E-state index >= 15 is 0 Å². The van der Waals surface area contributed by atoms with Crippen molar-refractivity contribution in [1.29, 1.82) is 0 Å². The van der Waals surface area contributed by atoms with Gasteiger partial charge in [-0.3, -0.25) is 0 Å². The molecule has 1 N–H and O–H groups in total. The molecule has 2 aromatic rings. The number of nitrogens with zero attached hydrogens (tertiary/aromatic N) is 1. The number of rotatable bonds is 4. The van der Waals surface area contributed by atoms with Gasteiger partial charge in [0.15, 0.2) is 0 Å². The van der Waals surface area contributed by atoms with Crippen LogP contribution in [0, 0.1) is 0 Å². The predicted molar refractivity (Wildman–Crippen MR) is 77.3 cm³/mol. The Kier molecular flexibility index (Phi) is 4.90. The van der Waals surface area contributed by atoms with Gasteiger partial charge in [0, 0.05) is 17.1 Å². The molecule has 112 valence electrons. The Morgan fingerprint density at radius 2 is 1.76 bits per heavy atom. The van der Waals surface area contributed by atoms with Crippen LogP contribution >= 0.6 is 11.8 Å². The number of halogens is 3. The van der Waals surface area contributed by atoms with Crippen molar-refractivity contribution in [2.75, 3.05) is 7.05 Å². The monoisotopic (exact) mass is 312 g/mol. The predicted octanol–water partition coefficient (Wildman–Crippen LogP) is 4.53. The first-order chi connectivity index (χ1) is 9.90. The lowest BCUT2D eigenvalue weighted by Gasteiger charge is -2.11. The van der Waals surface area contributed by atoms with Crippen LogP contribution in [0.4, 0.5) is 13.2 Å². The highest BCUT2D eigenvalue weighted by molar-refractivity contribution is 7.99. The van der Waals surface area contributed by atoms with E-state index in [1.165, 1.54) is 17.8 Å². The maximum atomic E-state index is 12.4. The fraction of sp³-hybridized carbons (Fsp3) is 0.267. The lowest BCUT2D eigenvalue weighted by atomic mass is 10.1. The van der Waals surface area contributed by atoms with Crippen molar-refractivity contribution in [2.24, 2.45) is 0 Å². The Morgan fingerprint density at radius 3 is 2.24 bits per heavy atom. The van der Waals surface area contributed by atoms with Crippen molar-refractivity contribution in [2.45, 2.75) is 29.1 Å². The van der Waals surface area contributed by atoms with Gasteiger partial charge in [-0.05, 0) is 43.8 Å². The summed E-state index contributed by atoms with van der Waals surface area (Å²) < 4.78 is 37.3. The van der Waals surface area contributed by atoms with Gasteiger partial charge in [0.2, 0.25) is 0 Å². The molecule has 1 aromatic carbocycles. The first kappa shape index (κ1) is 15.9. The second kappa shape index (κ2) is 6.49. The molecule has 1 unspecified atom stereocenters. The number of pyridine rings is 1. The largest absolute Gasteiger partial charge is 0.417 e. The summed E-state index contributed by atoms with van der Waals surface area (Å²) in [4.78, 5) is 4.78. The molecule has 0 saturated carbocycles. The molecule has 0 fully saturated rings. The zero-order valence-corrected chi connectivity index (χ0v) is 12.4. The van der Waals surface area contributed by atoms with Crippen LogP contribution in [-0.2, 0) is 6.18 Å². The number of benzene rings is 1. The first-order valence-electron chi connectivity index (χ1n) is 6.38. The molecule has 6 heteroatoms. The molecule has 0 bridgehead atoms. The van der Waals surface area contributed by atoms with E-state index in [1.807, 2.05) is 31.3 Å². The zero-order valence-electron chi connectivity index (χ0n) is 11.6. The van der Waals surface area contributed by atoms with Gasteiger partial charge in [-0.1, -0.05) is 23.9 Å². The normalized spacial score (nSPS) is 13.2. The van der Waals surface area contributed by atoms with E-state index in [0.29, 0.717) is 5.03 Å². The van der Waals surface area contributed by atoms with Gasteiger partial charge in [-0.2, -0.15) is 13.2 Å². The second-order valence-corrected chi connectivity index (χ2v) is 5.66. The number of hydrogen-bond donors (Lipinski definition) is 1. The third kappa shape index (κ3) is 4.22. The van der Waals surface area contributed by atoms with Crippen molar-refractivity contribution < 1.29 is 13.2 Å². The molecule has 2 nitrogen and oxygen atoms in total. The molecule has 0 aliphatic carbocycles. The number of aromatic nitrogens is 1. The molecule has 1 atom stereocenters. The van der Waals surface area contributed by atoms with Crippen molar-refractivity contribution in [3.05, 3.63) is 53.7 Å². The van der Waals surface area contributed by atoms with Crippen LogP contribution in [0.3, 0.4) is 0 Å². The molecule has 2 rings (SSSR count). The summed E-state index contributed by atoms with van der Waals surface area (Å²) in [5.74, 6) is 0. The van der Waals surface area contributed by atoms with E-state index in [4.69, 9.17) is 0 Å². The maximum absolute atomic E-state index is 12.4. The Bertz CT molecular complexity index is 579. The summed E-state index contributed by atoms with van der Waals surface area (Å²) in [6.45, 7) is 2.06. The van der Waals surface area contributed by atoms with Gasteiger partial charge < -0.3 is 5.32 Å². The van der Waals surface area contributed by atoms with Gasteiger partial charge in [-0.15, -0.1) is 0 Å². The standard InChI is InChI=1S/C15H15F3N2S/c1-10(19-2)11-3-6-13(7-4-11)21-14-8-5-12(9-20-14)15(16,17)18/h3-10,19H,1-2H3. The highest BCUT2D eigenvalue weighted by atomic mass is 32.2. The average Bonchev–Trinajstić information content (AvgIpc) is 2.47. The van der Waals surface area contributed by atoms with Crippen molar-refractivity contribution in [1.82, 2.24) is 10.3 Å². The van der Waals surface area contributed by atoms with Crippen LogP contribution in [-0.4, -0.2) is 12.0 Å². The van der Waals surface area contributed by atoms with E-state index in [-0.39, 0.29) is 6.04 Å². The van der Waals surface area contributed by atoms with Crippen LogP contribution in [0.15, 0.2) is 52.5 Å². The third-order valence-electron chi connectivity index (χ3n) is 3.10. The fourth-order valence-electron chi connectivity index (χ4n) is 1.72. The van der Waals surface area contributed by atoms with E-state index < -0.39 is 11.7 Å². The summed E-state index contributed by atoms with van der Waals surface area (Å²) in [7, 11) is 1.89. The molecule has 1 aromatic heterocycles. The summed E-state index contributed by atoms with van der Waals surface area (Å²) in [5, 5.41) is 3.68. The maximum Gasteiger partial charge on any atom is 0.417 e. The molecular weight excluding hydrogens is 297 g/mol. The lowest BCUT2D eigenvalue weighted by Crippen LogP contribution is -2.11. The van der Waals surface area contributed by atoms with E-state index in [9.17, 15) is 13.2 Å². The summed E-state index contributed by atoms with van der Waals surface area (Å²) in [6, 6.07) is 10.6. The fourth-order valence-corrected chi connectivity index (χ4v) is 2.48. The first-order valence-corrected chi connectivity index (χ1v) is 7.20. The lowest BCUT2D eigenvalue weighted by molar-refractivity contribution is -0.137. The molecule has 21 heavy (non-hydrogen) atoms. The Morgan fingerprint density at radius 1 is 1.10 bits per heavy atom. The highest BCUT2D eigenvalue weighted by Gasteiger charge is 2.30. The van der Waals surface area contributed by atoms with Crippen LogP contribution < -0.4 is 5.32 Å².